The number of nitrogens with zero attached hydrogens (tertiary/aromatic N) is 3. The zero-order valence-corrected chi connectivity index (χ0v) is 27.3. The molecule has 2 aromatic rings. The molecule has 2 aliphatic carbocycles. The molecule has 0 saturated heterocycles. The van der Waals surface area contributed by atoms with Gasteiger partial charge in [0, 0.05) is 60.2 Å². The van der Waals surface area contributed by atoms with Gasteiger partial charge in [-0.2, -0.15) is 0 Å². The Labute approximate surface area is 266 Å². The zero-order chi connectivity index (χ0) is 32.4. The van der Waals surface area contributed by atoms with Crippen molar-refractivity contribution in [2.45, 2.75) is 65.5 Å². The molecule has 1 aromatic heterocycles. The summed E-state index contributed by atoms with van der Waals surface area (Å²) in [7, 11) is 4.10. The van der Waals surface area contributed by atoms with Crippen LogP contribution < -0.4 is 10.2 Å². The number of aromatic nitrogens is 1. The van der Waals surface area contributed by atoms with Crippen LogP contribution in [-0.4, -0.2) is 79.9 Å². The lowest BCUT2D eigenvalue weighted by atomic mass is 9.49. The number of carboxylic acid groups (broad SMARTS) is 1. The lowest BCUT2D eigenvalue weighted by Crippen LogP contribution is -2.51. The Kier molecular flexibility index (Phi) is 9.60. The Morgan fingerprint density at radius 2 is 2.09 bits per heavy atom. The maximum Gasteiger partial charge on any atom is 0.355 e. The summed E-state index contributed by atoms with van der Waals surface area (Å²) in [6.45, 7) is 9.94. The number of allylic oxidation sites excluding steroid dienone is 2. The first-order valence-corrected chi connectivity index (χ1v) is 16.0. The van der Waals surface area contributed by atoms with Crippen molar-refractivity contribution in [1.82, 2.24) is 15.2 Å². The van der Waals surface area contributed by atoms with Crippen molar-refractivity contribution < 1.29 is 19.4 Å². The van der Waals surface area contributed by atoms with Crippen molar-refractivity contribution in [2.24, 2.45) is 10.8 Å². The first-order chi connectivity index (χ1) is 21.5. The van der Waals surface area contributed by atoms with Crippen molar-refractivity contribution in [3.63, 3.8) is 0 Å². The van der Waals surface area contributed by atoms with Crippen LogP contribution in [0.3, 0.4) is 0 Å². The van der Waals surface area contributed by atoms with E-state index in [0.717, 1.165) is 61.8 Å². The van der Waals surface area contributed by atoms with Gasteiger partial charge in [-0.1, -0.05) is 50.1 Å². The van der Waals surface area contributed by atoms with Crippen molar-refractivity contribution in [3.8, 4) is 0 Å². The number of carboxylic acids is 1. The summed E-state index contributed by atoms with van der Waals surface area (Å²) in [6, 6.07) is 9.31. The quantitative estimate of drug-likeness (QED) is 0.143. The number of hydrogen-bond donors (Lipinski definition) is 3. The van der Waals surface area contributed by atoms with Gasteiger partial charge in [0.2, 0.25) is 0 Å². The second-order valence-electron chi connectivity index (χ2n) is 13.4. The van der Waals surface area contributed by atoms with Crippen molar-refractivity contribution in [2.75, 3.05) is 45.2 Å². The molecule has 0 spiro atoms. The molecule has 2 heterocycles. The summed E-state index contributed by atoms with van der Waals surface area (Å²) in [5.74, 6) is -0.598. The monoisotopic (exact) mass is 613 g/mol. The zero-order valence-electron chi connectivity index (χ0n) is 27.3. The Bertz CT molecular complexity index is 1530. The van der Waals surface area contributed by atoms with E-state index < -0.39 is 5.97 Å². The summed E-state index contributed by atoms with van der Waals surface area (Å²) < 4.78 is 6.28. The topological polar surface area (TPSA) is 119 Å². The van der Waals surface area contributed by atoms with Gasteiger partial charge >= 0.3 is 5.97 Å². The minimum absolute atomic E-state index is 0.0102. The highest BCUT2D eigenvalue weighted by molar-refractivity contribution is 6.12. The van der Waals surface area contributed by atoms with Gasteiger partial charge in [-0.15, -0.1) is 0 Å². The molecule has 0 radical (unpaired) electrons. The number of carbonyl (C=O) groups excluding carboxylic acids is 1. The van der Waals surface area contributed by atoms with Crippen LogP contribution in [0.25, 0.3) is 5.57 Å². The molecule has 0 amide bonds. The van der Waals surface area contributed by atoms with Gasteiger partial charge in [-0.05, 0) is 75.4 Å². The maximum absolute atomic E-state index is 12.5. The molecule has 1 aliphatic heterocycles. The first-order valence-electron chi connectivity index (χ1n) is 16.0. The maximum atomic E-state index is 12.5. The molecule has 3 aliphatic rings. The molecular formula is C36H47N5O4. The molecule has 5 rings (SSSR count). The number of pyridine rings is 1. The van der Waals surface area contributed by atoms with Crippen LogP contribution in [0.1, 0.15) is 84.0 Å². The van der Waals surface area contributed by atoms with Gasteiger partial charge in [0.15, 0.2) is 5.69 Å². The molecule has 3 N–H and O–H groups in total. The second-order valence-corrected chi connectivity index (χ2v) is 13.4. The third kappa shape index (κ3) is 6.47. The normalized spacial score (nSPS) is 24.3. The number of aromatic carboxylic acids is 1. The molecule has 3 unspecified atom stereocenters. The van der Waals surface area contributed by atoms with E-state index in [0.29, 0.717) is 48.8 Å². The third-order valence-electron chi connectivity index (χ3n) is 9.94. The first kappa shape index (κ1) is 32.6. The highest BCUT2D eigenvalue weighted by atomic mass is 16.5. The van der Waals surface area contributed by atoms with E-state index in [1.54, 1.807) is 6.07 Å². The average Bonchev–Trinajstić information content (AvgIpc) is 3.33. The molecule has 1 saturated carbocycles. The molecule has 9 heteroatoms. The molecule has 0 bridgehead atoms. The summed E-state index contributed by atoms with van der Waals surface area (Å²) >= 11 is 0. The van der Waals surface area contributed by atoms with Gasteiger partial charge in [0.05, 0.1) is 12.7 Å². The number of nitrogens with one attached hydrogen (secondary N) is 2. The number of aldehydes is 1. The van der Waals surface area contributed by atoms with Crippen molar-refractivity contribution in [1.29, 1.82) is 5.41 Å². The van der Waals surface area contributed by atoms with E-state index in [-0.39, 0.29) is 22.6 Å². The molecule has 1 fully saturated rings. The number of carbonyl (C=O) groups is 2. The number of likely N-dealkylation sites (N-methyl/N-ethyl adjacent to an activating group) is 1. The highest BCUT2D eigenvalue weighted by Crippen LogP contribution is 2.66. The Hall–Kier alpha value is -3.82. The third-order valence-corrected chi connectivity index (χ3v) is 9.94. The Morgan fingerprint density at radius 1 is 1.29 bits per heavy atom. The fourth-order valence-corrected chi connectivity index (χ4v) is 7.86. The van der Waals surface area contributed by atoms with Crippen molar-refractivity contribution in [3.05, 3.63) is 75.6 Å². The van der Waals surface area contributed by atoms with Crippen LogP contribution in [0.5, 0.6) is 0 Å². The van der Waals surface area contributed by atoms with Crippen LogP contribution in [0.4, 0.5) is 5.82 Å². The highest BCUT2D eigenvalue weighted by Gasteiger charge is 2.59. The van der Waals surface area contributed by atoms with Crippen LogP contribution in [0.15, 0.2) is 47.7 Å². The predicted molar refractivity (Wildman–Crippen MR) is 178 cm³/mol. The molecule has 1 aromatic carbocycles. The van der Waals surface area contributed by atoms with E-state index in [1.807, 2.05) is 36.1 Å². The molecule has 45 heavy (non-hydrogen) atoms. The lowest BCUT2D eigenvalue weighted by molar-refractivity contribution is 0.0225. The van der Waals surface area contributed by atoms with E-state index in [9.17, 15) is 14.7 Å². The summed E-state index contributed by atoms with van der Waals surface area (Å²) in [6.07, 6.45) is 9.56. The van der Waals surface area contributed by atoms with E-state index in [1.165, 1.54) is 11.8 Å². The van der Waals surface area contributed by atoms with E-state index in [4.69, 9.17) is 10.1 Å². The van der Waals surface area contributed by atoms with Crippen LogP contribution in [0.2, 0.25) is 0 Å². The number of rotatable bonds is 14. The van der Waals surface area contributed by atoms with Gasteiger partial charge in [-0.3, -0.25) is 4.79 Å². The molecular weight excluding hydrogens is 566 g/mol. The second kappa shape index (κ2) is 13.3. The molecule has 240 valence electrons. The fourth-order valence-electron chi connectivity index (χ4n) is 7.86. The number of anilines is 1. The van der Waals surface area contributed by atoms with Crippen LogP contribution in [0, 0.1) is 16.2 Å². The predicted octanol–water partition coefficient (Wildman–Crippen LogP) is 5.60. The van der Waals surface area contributed by atoms with Gasteiger partial charge < -0.3 is 30.4 Å². The number of benzene rings is 1. The number of fused-ring (bicyclic) bond motifs is 2. The molecule has 3 atom stereocenters. The van der Waals surface area contributed by atoms with E-state index >= 15 is 0 Å². The SMILES string of the molecule is CCCC1(C)CC2(CN/C(C)=C(\C=N)c3ccc(N4CCc5cccc(C=O)c5C4)nc3C(=O)O)CC(OCCN(C)C)C=C12. The van der Waals surface area contributed by atoms with Crippen LogP contribution in [-0.2, 0) is 17.7 Å². The largest absolute Gasteiger partial charge is 0.476 e. The fraction of sp³-hybridized carbons (Fsp3) is 0.500. The van der Waals surface area contributed by atoms with Gasteiger partial charge in [0.1, 0.15) is 12.1 Å². The summed E-state index contributed by atoms with van der Waals surface area (Å²) in [5.41, 5.74) is 5.96. The standard InChI is InChI=1S/C36H47N5O4/c1-6-13-35(3)22-36(18-27(17-31(35)36)45-16-15-40(4)5)23-38-24(2)29(19-37)28-10-11-32(39-33(28)34(43)44)41-14-12-25-8-7-9-26(21-42)30(25)20-41/h7-11,17,19,21,27,37-38H,6,12-16,18,20,22-23H2,1-5H3,(H,43,44)/b29-24+,37-19?. The Balaban J connectivity index is 1.36. The molecule has 9 nitrogen and oxygen atoms in total. The van der Waals surface area contributed by atoms with Crippen molar-refractivity contribution >= 4 is 29.9 Å². The minimum Gasteiger partial charge on any atom is -0.476 e. The van der Waals surface area contributed by atoms with Gasteiger partial charge in [-0.25, -0.2) is 9.78 Å². The van der Waals surface area contributed by atoms with E-state index in [2.05, 4.69) is 49.2 Å². The lowest BCUT2D eigenvalue weighted by Gasteiger charge is -2.56. The minimum atomic E-state index is -1.14. The van der Waals surface area contributed by atoms with Gasteiger partial charge in [0.25, 0.3) is 0 Å². The Morgan fingerprint density at radius 3 is 2.78 bits per heavy atom. The van der Waals surface area contributed by atoms with Crippen LogP contribution >= 0.6 is 0 Å². The smallest absolute Gasteiger partial charge is 0.355 e. The number of ether oxygens (including phenoxy) is 1. The summed E-state index contributed by atoms with van der Waals surface area (Å²) in [4.78, 5) is 32.9. The summed E-state index contributed by atoms with van der Waals surface area (Å²) in [5, 5.41) is 22.1. The number of hydrogen-bond acceptors (Lipinski definition) is 8. The average molecular weight is 614 g/mol.